The maximum Gasteiger partial charge on any atom is 0.335 e. The number of hydrogen-bond donors (Lipinski definition) is 2. The number of ether oxygens (including phenoxy) is 2. The number of carbonyl (C=O) groups is 2. The molecule has 9 heteroatoms. The molecule has 0 saturated heterocycles. The Morgan fingerprint density at radius 2 is 1.91 bits per heavy atom. The Morgan fingerprint density at radius 1 is 1.18 bits per heavy atom. The Bertz CT molecular complexity index is 1060. The van der Waals surface area contributed by atoms with Crippen LogP contribution in [0.2, 0.25) is 0 Å². The van der Waals surface area contributed by atoms with Gasteiger partial charge in [0, 0.05) is 18.0 Å². The number of nitrogens with one attached hydrogen (secondary N) is 1. The van der Waals surface area contributed by atoms with Crippen LogP contribution < -0.4 is 5.32 Å². The van der Waals surface area contributed by atoms with Crippen LogP contribution in [-0.4, -0.2) is 40.8 Å². The van der Waals surface area contributed by atoms with E-state index in [0.29, 0.717) is 24.4 Å². The number of benzene rings is 1. The Morgan fingerprint density at radius 3 is 2.48 bits per heavy atom. The SMILES string of the molecule is CCOC(c1ccc(CNC(=O)c2nc(-c3cccs3)sc2C)cc1)C(OC(C)C)C(=O)O. The number of hydrogen-bond acceptors (Lipinski definition) is 7. The first-order valence-electron chi connectivity index (χ1n) is 10.7. The van der Waals surface area contributed by atoms with E-state index in [9.17, 15) is 14.7 Å². The van der Waals surface area contributed by atoms with E-state index in [0.717, 1.165) is 20.3 Å². The average Bonchev–Trinajstić information content (AvgIpc) is 3.44. The molecular formula is C24H28N2O5S2. The molecule has 2 atom stereocenters. The zero-order valence-corrected chi connectivity index (χ0v) is 20.7. The van der Waals surface area contributed by atoms with Crippen molar-refractivity contribution in [1.82, 2.24) is 10.3 Å². The van der Waals surface area contributed by atoms with Crippen LogP contribution in [0.3, 0.4) is 0 Å². The Balaban J connectivity index is 1.67. The summed E-state index contributed by atoms with van der Waals surface area (Å²) >= 11 is 3.10. The maximum atomic E-state index is 12.7. The van der Waals surface area contributed by atoms with E-state index in [4.69, 9.17) is 9.47 Å². The van der Waals surface area contributed by atoms with E-state index in [1.165, 1.54) is 11.3 Å². The topological polar surface area (TPSA) is 97.8 Å². The number of carboxylic acid groups (broad SMARTS) is 1. The summed E-state index contributed by atoms with van der Waals surface area (Å²) in [5, 5.41) is 15.4. The number of amides is 1. The smallest absolute Gasteiger partial charge is 0.335 e. The Hall–Kier alpha value is -2.59. The monoisotopic (exact) mass is 488 g/mol. The van der Waals surface area contributed by atoms with E-state index >= 15 is 0 Å². The highest BCUT2D eigenvalue weighted by Gasteiger charge is 2.32. The molecule has 1 amide bonds. The van der Waals surface area contributed by atoms with Gasteiger partial charge in [-0.2, -0.15) is 0 Å². The third kappa shape index (κ3) is 6.48. The molecule has 0 saturated carbocycles. The lowest BCUT2D eigenvalue weighted by Gasteiger charge is -2.26. The minimum atomic E-state index is -1.11. The fourth-order valence-corrected chi connectivity index (χ4v) is 5.00. The highest BCUT2D eigenvalue weighted by molar-refractivity contribution is 7.21. The summed E-state index contributed by atoms with van der Waals surface area (Å²) in [5.41, 5.74) is 2.02. The van der Waals surface area contributed by atoms with E-state index in [1.807, 2.05) is 55.6 Å². The van der Waals surface area contributed by atoms with Crippen molar-refractivity contribution in [2.45, 2.75) is 52.6 Å². The summed E-state index contributed by atoms with van der Waals surface area (Å²) in [5.74, 6) is -1.29. The van der Waals surface area contributed by atoms with Crippen LogP contribution in [-0.2, 0) is 20.8 Å². The van der Waals surface area contributed by atoms with Crippen LogP contribution >= 0.6 is 22.7 Å². The number of nitrogens with zero attached hydrogens (tertiary/aromatic N) is 1. The van der Waals surface area contributed by atoms with Crippen molar-refractivity contribution >= 4 is 34.6 Å². The van der Waals surface area contributed by atoms with Gasteiger partial charge in [0.2, 0.25) is 0 Å². The summed E-state index contributed by atoms with van der Waals surface area (Å²) in [4.78, 5) is 30.9. The molecule has 0 bridgehead atoms. The normalized spacial score (nSPS) is 13.1. The quantitative estimate of drug-likeness (QED) is 0.391. The molecule has 3 aromatic rings. The average molecular weight is 489 g/mol. The number of rotatable bonds is 11. The molecule has 0 aliphatic rings. The summed E-state index contributed by atoms with van der Waals surface area (Å²) < 4.78 is 11.3. The molecule has 0 aliphatic heterocycles. The number of thiazole rings is 1. The summed E-state index contributed by atoms with van der Waals surface area (Å²) in [6.07, 6.45) is -2.09. The maximum absolute atomic E-state index is 12.7. The number of carboxylic acids is 1. The van der Waals surface area contributed by atoms with Gasteiger partial charge in [-0.05, 0) is 50.3 Å². The first-order chi connectivity index (χ1) is 15.8. The zero-order valence-electron chi connectivity index (χ0n) is 19.0. The number of aryl methyl sites for hydroxylation is 1. The third-order valence-corrected chi connectivity index (χ3v) is 6.80. The predicted molar refractivity (Wildman–Crippen MR) is 130 cm³/mol. The Kier molecular flexibility index (Phi) is 8.74. The van der Waals surface area contributed by atoms with E-state index in [1.54, 1.807) is 25.2 Å². The molecule has 2 N–H and O–H groups in total. The van der Waals surface area contributed by atoms with E-state index < -0.39 is 18.2 Å². The minimum Gasteiger partial charge on any atom is -0.479 e. The lowest BCUT2D eigenvalue weighted by molar-refractivity contribution is -0.167. The van der Waals surface area contributed by atoms with Crippen LogP contribution in [0.1, 0.15) is 53.4 Å². The molecule has 1 aromatic carbocycles. The third-order valence-electron chi connectivity index (χ3n) is 4.79. The lowest BCUT2D eigenvalue weighted by Crippen LogP contribution is -2.34. The molecule has 0 spiro atoms. The van der Waals surface area contributed by atoms with Gasteiger partial charge in [0.25, 0.3) is 5.91 Å². The van der Waals surface area contributed by atoms with Crippen molar-refractivity contribution in [2.24, 2.45) is 0 Å². The molecule has 2 heterocycles. The summed E-state index contributed by atoms with van der Waals surface area (Å²) in [6.45, 7) is 7.97. The van der Waals surface area contributed by atoms with Gasteiger partial charge in [0.1, 0.15) is 16.8 Å². The molecular weight excluding hydrogens is 460 g/mol. The molecule has 0 aliphatic carbocycles. The molecule has 176 valence electrons. The fourth-order valence-electron chi connectivity index (χ4n) is 3.29. The molecule has 0 fully saturated rings. The van der Waals surface area contributed by atoms with Crippen LogP contribution in [0, 0.1) is 6.92 Å². The van der Waals surface area contributed by atoms with Crippen molar-refractivity contribution in [3.8, 4) is 9.88 Å². The highest BCUT2D eigenvalue weighted by Crippen LogP contribution is 2.31. The van der Waals surface area contributed by atoms with E-state index in [2.05, 4.69) is 10.3 Å². The van der Waals surface area contributed by atoms with Crippen LogP contribution in [0.4, 0.5) is 0 Å². The minimum absolute atomic E-state index is 0.223. The molecule has 7 nitrogen and oxygen atoms in total. The summed E-state index contributed by atoms with van der Waals surface area (Å²) in [7, 11) is 0. The van der Waals surface area contributed by atoms with Crippen LogP contribution in [0.5, 0.6) is 0 Å². The first kappa shape index (κ1) is 25.0. The van der Waals surface area contributed by atoms with Crippen molar-refractivity contribution in [3.05, 3.63) is 63.5 Å². The van der Waals surface area contributed by atoms with Gasteiger partial charge in [0.05, 0.1) is 11.0 Å². The molecule has 2 unspecified atom stereocenters. The zero-order chi connectivity index (χ0) is 24.0. The van der Waals surface area contributed by atoms with Crippen molar-refractivity contribution in [3.63, 3.8) is 0 Å². The number of thiophene rings is 1. The number of aromatic nitrogens is 1. The van der Waals surface area contributed by atoms with Crippen molar-refractivity contribution in [1.29, 1.82) is 0 Å². The van der Waals surface area contributed by atoms with Crippen LogP contribution in [0.25, 0.3) is 9.88 Å². The van der Waals surface area contributed by atoms with Gasteiger partial charge >= 0.3 is 5.97 Å². The summed E-state index contributed by atoms with van der Waals surface area (Å²) in [6, 6.07) is 11.3. The second-order valence-corrected chi connectivity index (χ2v) is 9.80. The molecule has 0 radical (unpaired) electrons. The van der Waals surface area contributed by atoms with Gasteiger partial charge in [-0.1, -0.05) is 30.3 Å². The second kappa shape index (κ2) is 11.5. The first-order valence-corrected chi connectivity index (χ1v) is 12.4. The van der Waals surface area contributed by atoms with Gasteiger partial charge in [0.15, 0.2) is 6.10 Å². The van der Waals surface area contributed by atoms with Crippen molar-refractivity contribution < 1.29 is 24.2 Å². The molecule has 3 rings (SSSR count). The highest BCUT2D eigenvalue weighted by atomic mass is 32.1. The van der Waals surface area contributed by atoms with Gasteiger partial charge in [-0.15, -0.1) is 22.7 Å². The number of aliphatic carboxylic acids is 1. The largest absolute Gasteiger partial charge is 0.479 e. The molecule has 33 heavy (non-hydrogen) atoms. The standard InChI is InChI=1S/C24H28N2O5S2/c1-5-30-20(21(24(28)29)31-14(2)3)17-10-8-16(9-11-17)13-25-22(27)19-15(4)33-23(26-19)18-7-6-12-32-18/h6-12,14,20-21H,5,13H2,1-4H3,(H,25,27)(H,28,29). The Labute approximate surface area is 201 Å². The van der Waals surface area contributed by atoms with E-state index in [-0.39, 0.29) is 12.0 Å². The van der Waals surface area contributed by atoms with Crippen molar-refractivity contribution in [2.75, 3.05) is 6.61 Å². The predicted octanol–water partition coefficient (Wildman–Crippen LogP) is 5.07. The lowest BCUT2D eigenvalue weighted by atomic mass is 10.0. The fraction of sp³-hybridized carbons (Fsp3) is 0.375. The molecule has 2 aromatic heterocycles. The van der Waals surface area contributed by atoms with Gasteiger partial charge in [-0.25, -0.2) is 9.78 Å². The van der Waals surface area contributed by atoms with Gasteiger partial charge in [-0.3, -0.25) is 4.79 Å². The van der Waals surface area contributed by atoms with Crippen LogP contribution in [0.15, 0.2) is 41.8 Å². The second-order valence-electron chi connectivity index (χ2n) is 7.64. The number of carbonyl (C=O) groups excluding carboxylic acids is 1. The van der Waals surface area contributed by atoms with Gasteiger partial charge < -0.3 is 19.9 Å².